The van der Waals surface area contributed by atoms with E-state index in [-0.39, 0.29) is 6.04 Å². The quantitative estimate of drug-likeness (QED) is 0.685. The smallest absolute Gasteiger partial charge is 0.320 e. The Morgan fingerprint density at radius 3 is 2.36 bits per heavy atom. The number of hydrogen-bond acceptors (Lipinski definition) is 5. The number of nitrogens with zero attached hydrogens (tertiary/aromatic N) is 1. The minimum Gasteiger partial charge on any atom is -0.496 e. The predicted molar refractivity (Wildman–Crippen MR) is 109 cm³/mol. The molecule has 28 heavy (non-hydrogen) atoms. The van der Waals surface area contributed by atoms with Crippen LogP contribution in [0.1, 0.15) is 30.0 Å². The standard InChI is InChI=1S/C21H24BrNO5/c1-26-17-9-5-4-7-13(17)20(23-10-6-8-16(23)21(24)25)14-11-18(27-2)19(28-3)12-15(14)22/h4-5,7,9,11-12,16,20H,6,8,10H2,1-3H3,(H,24,25). The number of benzene rings is 2. The third kappa shape index (κ3) is 3.82. The number of methoxy groups -OCH3 is 3. The fourth-order valence-corrected chi connectivity index (χ4v) is 4.40. The number of para-hydroxylation sites is 1. The summed E-state index contributed by atoms with van der Waals surface area (Å²) in [5.41, 5.74) is 1.81. The van der Waals surface area contributed by atoms with Crippen LogP contribution in [0.15, 0.2) is 40.9 Å². The third-order valence-corrected chi connectivity index (χ3v) is 5.83. The van der Waals surface area contributed by atoms with E-state index < -0.39 is 12.0 Å². The number of carboxylic acids is 1. The molecule has 150 valence electrons. The predicted octanol–water partition coefficient (Wildman–Crippen LogP) is 4.11. The van der Waals surface area contributed by atoms with Crippen LogP contribution in [0.25, 0.3) is 0 Å². The summed E-state index contributed by atoms with van der Waals surface area (Å²) in [6.07, 6.45) is 1.44. The van der Waals surface area contributed by atoms with E-state index in [2.05, 4.69) is 15.9 Å². The maximum Gasteiger partial charge on any atom is 0.320 e. The molecule has 0 saturated carbocycles. The molecule has 1 aliphatic rings. The number of halogens is 1. The van der Waals surface area contributed by atoms with E-state index in [1.165, 1.54) is 0 Å². The largest absolute Gasteiger partial charge is 0.496 e. The number of carboxylic acid groups (broad SMARTS) is 1. The molecule has 0 radical (unpaired) electrons. The van der Waals surface area contributed by atoms with Crippen molar-refractivity contribution in [2.45, 2.75) is 24.9 Å². The van der Waals surface area contributed by atoms with Gasteiger partial charge in [0.05, 0.1) is 27.4 Å². The molecule has 1 heterocycles. The van der Waals surface area contributed by atoms with Crippen LogP contribution in [-0.2, 0) is 4.79 Å². The summed E-state index contributed by atoms with van der Waals surface area (Å²) in [4.78, 5) is 13.9. The number of rotatable bonds is 7. The molecule has 7 heteroatoms. The molecular formula is C21H24BrNO5. The molecule has 1 saturated heterocycles. The highest BCUT2D eigenvalue weighted by Crippen LogP contribution is 2.44. The Hall–Kier alpha value is -2.25. The minimum atomic E-state index is -0.811. The number of ether oxygens (including phenoxy) is 3. The average molecular weight is 450 g/mol. The van der Waals surface area contributed by atoms with Gasteiger partial charge in [0.1, 0.15) is 11.8 Å². The van der Waals surface area contributed by atoms with E-state index in [4.69, 9.17) is 14.2 Å². The van der Waals surface area contributed by atoms with Crippen molar-refractivity contribution >= 4 is 21.9 Å². The van der Waals surface area contributed by atoms with E-state index in [0.717, 1.165) is 22.0 Å². The van der Waals surface area contributed by atoms with Gasteiger partial charge in [-0.2, -0.15) is 0 Å². The number of hydrogen-bond donors (Lipinski definition) is 1. The molecule has 3 rings (SSSR count). The second-order valence-electron chi connectivity index (χ2n) is 6.61. The maximum absolute atomic E-state index is 11.9. The van der Waals surface area contributed by atoms with E-state index in [1.54, 1.807) is 21.3 Å². The second-order valence-corrected chi connectivity index (χ2v) is 7.46. The van der Waals surface area contributed by atoms with Crippen molar-refractivity contribution in [2.75, 3.05) is 27.9 Å². The van der Waals surface area contributed by atoms with Crippen LogP contribution in [0.2, 0.25) is 0 Å². The van der Waals surface area contributed by atoms with Gasteiger partial charge in [-0.3, -0.25) is 9.69 Å². The summed E-state index contributed by atoms with van der Waals surface area (Å²) >= 11 is 3.65. The summed E-state index contributed by atoms with van der Waals surface area (Å²) in [5, 5.41) is 9.78. The van der Waals surface area contributed by atoms with Crippen LogP contribution in [0.4, 0.5) is 0 Å². The summed E-state index contributed by atoms with van der Waals surface area (Å²) in [7, 11) is 4.80. The molecule has 0 amide bonds. The molecule has 0 aliphatic carbocycles. The molecule has 6 nitrogen and oxygen atoms in total. The van der Waals surface area contributed by atoms with Crippen molar-refractivity contribution in [1.82, 2.24) is 4.90 Å². The highest BCUT2D eigenvalue weighted by molar-refractivity contribution is 9.10. The number of aliphatic carboxylic acids is 1. The molecular weight excluding hydrogens is 426 g/mol. The molecule has 2 atom stereocenters. The van der Waals surface area contributed by atoms with Crippen molar-refractivity contribution in [2.24, 2.45) is 0 Å². The Bertz CT molecular complexity index is 857. The first-order valence-electron chi connectivity index (χ1n) is 9.04. The van der Waals surface area contributed by atoms with Crippen LogP contribution in [-0.4, -0.2) is 49.9 Å². The van der Waals surface area contributed by atoms with Gasteiger partial charge in [0, 0.05) is 16.6 Å². The van der Waals surface area contributed by atoms with E-state index in [0.29, 0.717) is 30.2 Å². The fourth-order valence-electron chi connectivity index (χ4n) is 3.86. The lowest BCUT2D eigenvalue weighted by atomic mass is 9.95. The Labute approximate surface area is 173 Å². The molecule has 1 N–H and O–H groups in total. The normalized spacial score (nSPS) is 17.9. The van der Waals surface area contributed by atoms with E-state index in [1.807, 2.05) is 41.3 Å². The first kappa shape index (κ1) is 20.5. The Balaban J connectivity index is 2.21. The maximum atomic E-state index is 11.9. The Kier molecular flexibility index (Phi) is 6.46. The lowest BCUT2D eigenvalue weighted by molar-refractivity contribution is -0.142. The third-order valence-electron chi connectivity index (χ3n) is 5.14. The molecule has 2 aromatic carbocycles. The van der Waals surface area contributed by atoms with Crippen molar-refractivity contribution in [3.8, 4) is 17.2 Å². The van der Waals surface area contributed by atoms with Crippen molar-refractivity contribution in [3.63, 3.8) is 0 Å². The summed E-state index contributed by atoms with van der Waals surface area (Å²) < 4.78 is 17.3. The van der Waals surface area contributed by atoms with Crippen LogP contribution in [0.3, 0.4) is 0 Å². The monoisotopic (exact) mass is 449 g/mol. The first-order chi connectivity index (χ1) is 13.5. The van der Waals surface area contributed by atoms with Gasteiger partial charge in [-0.1, -0.05) is 34.1 Å². The summed E-state index contributed by atoms with van der Waals surface area (Å²) in [6, 6.07) is 10.6. The zero-order valence-corrected chi connectivity index (χ0v) is 17.7. The molecule has 1 aliphatic heterocycles. The van der Waals surface area contributed by atoms with E-state index in [9.17, 15) is 9.90 Å². The van der Waals surface area contributed by atoms with Crippen LogP contribution in [0, 0.1) is 0 Å². The van der Waals surface area contributed by atoms with Gasteiger partial charge in [-0.05, 0) is 36.6 Å². The highest BCUT2D eigenvalue weighted by atomic mass is 79.9. The SMILES string of the molecule is COc1cc(Br)c(C(c2ccccc2OC)N2CCCC2C(=O)O)cc1OC. The highest BCUT2D eigenvalue weighted by Gasteiger charge is 2.39. The molecule has 0 spiro atoms. The van der Waals surface area contributed by atoms with Crippen LogP contribution < -0.4 is 14.2 Å². The molecule has 2 aromatic rings. The van der Waals surface area contributed by atoms with E-state index >= 15 is 0 Å². The van der Waals surface area contributed by atoms with Gasteiger partial charge in [0.25, 0.3) is 0 Å². The lowest BCUT2D eigenvalue weighted by Crippen LogP contribution is -2.39. The van der Waals surface area contributed by atoms with Gasteiger partial charge >= 0.3 is 5.97 Å². The van der Waals surface area contributed by atoms with Crippen molar-refractivity contribution in [3.05, 3.63) is 52.0 Å². The molecule has 0 bridgehead atoms. The van der Waals surface area contributed by atoms with Gasteiger partial charge in [0.2, 0.25) is 0 Å². The van der Waals surface area contributed by atoms with Gasteiger partial charge in [-0.25, -0.2) is 0 Å². The minimum absolute atomic E-state index is 0.311. The first-order valence-corrected chi connectivity index (χ1v) is 9.84. The molecule has 0 aromatic heterocycles. The fraction of sp³-hybridized carbons (Fsp3) is 0.381. The average Bonchev–Trinajstić information content (AvgIpc) is 3.19. The zero-order chi connectivity index (χ0) is 20.3. The molecule has 1 fully saturated rings. The second kappa shape index (κ2) is 8.84. The van der Waals surface area contributed by atoms with Crippen LogP contribution in [0.5, 0.6) is 17.2 Å². The summed E-state index contributed by atoms with van der Waals surface area (Å²) in [5.74, 6) is 1.10. The van der Waals surface area contributed by atoms with Crippen LogP contribution >= 0.6 is 15.9 Å². The van der Waals surface area contributed by atoms with Gasteiger partial charge in [0.15, 0.2) is 11.5 Å². The summed E-state index contributed by atoms with van der Waals surface area (Å²) in [6.45, 7) is 0.681. The Morgan fingerprint density at radius 2 is 1.71 bits per heavy atom. The van der Waals surface area contributed by atoms with Crippen molar-refractivity contribution in [1.29, 1.82) is 0 Å². The number of carbonyl (C=O) groups is 1. The van der Waals surface area contributed by atoms with Crippen molar-refractivity contribution < 1.29 is 24.1 Å². The topological polar surface area (TPSA) is 68.2 Å². The Morgan fingerprint density at radius 1 is 1.07 bits per heavy atom. The van der Waals surface area contributed by atoms with Gasteiger partial charge in [-0.15, -0.1) is 0 Å². The number of likely N-dealkylation sites (tertiary alicyclic amines) is 1. The zero-order valence-electron chi connectivity index (χ0n) is 16.1. The molecule has 2 unspecified atom stereocenters. The van der Waals surface area contributed by atoms with Gasteiger partial charge < -0.3 is 19.3 Å². The lowest BCUT2D eigenvalue weighted by Gasteiger charge is -2.33.